The molecule has 0 saturated heterocycles. The van der Waals surface area contributed by atoms with Crippen molar-refractivity contribution in [2.45, 2.75) is 26.8 Å². The Hall–Kier alpha value is -2.43. The molecule has 0 saturated carbocycles. The van der Waals surface area contributed by atoms with Gasteiger partial charge in [0.15, 0.2) is 0 Å². The summed E-state index contributed by atoms with van der Waals surface area (Å²) in [5.41, 5.74) is 2.74. The van der Waals surface area contributed by atoms with E-state index >= 15 is 0 Å². The maximum Gasteiger partial charge on any atom is 0.246 e. The molecule has 3 nitrogen and oxygen atoms in total. The van der Waals surface area contributed by atoms with Crippen LogP contribution in [0.25, 0.3) is 0 Å². The van der Waals surface area contributed by atoms with Crippen molar-refractivity contribution in [1.29, 1.82) is 0 Å². The molecule has 0 radical (unpaired) electrons. The number of hydrogen-bond donors (Lipinski definition) is 2. The number of rotatable bonds is 4. The van der Waals surface area contributed by atoms with Gasteiger partial charge in [0, 0.05) is 11.8 Å². The summed E-state index contributed by atoms with van der Waals surface area (Å²) in [6, 6.07) is 8.21. The topological polar surface area (TPSA) is 41.1 Å². The van der Waals surface area contributed by atoms with Crippen LogP contribution in [-0.4, -0.2) is 11.9 Å². The molecule has 1 atom stereocenters. The van der Waals surface area contributed by atoms with E-state index in [4.69, 9.17) is 0 Å². The van der Waals surface area contributed by atoms with Gasteiger partial charge in [-0.1, -0.05) is 12.1 Å². The highest BCUT2D eigenvalue weighted by Crippen LogP contribution is 2.19. The molecule has 1 amide bonds. The van der Waals surface area contributed by atoms with Crippen LogP contribution in [0.4, 0.5) is 20.2 Å². The molecule has 0 heterocycles. The Balaban J connectivity index is 2.09. The number of carbonyl (C=O) groups is 1. The predicted molar refractivity (Wildman–Crippen MR) is 84.0 cm³/mol. The summed E-state index contributed by atoms with van der Waals surface area (Å²) in [6.07, 6.45) is 0. The van der Waals surface area contributed by atoms with Gasteiger partial charge in [0.25, 0.3) is 0 Å². The smallest absolute Gasteiger partial charge is 0.246 e. The SMILES string of the molecule is Cc1ccc(C)c(N[C@@H](C)C(=O)Nc2cc(F)ccc2F)c1. The lowest BCUT2D eigenvalue weighted by atomic mass is 10.1. The van der Waals surface area contributed by atoms with E-state index in [1.165, 1.54) is 0 Å². The number of halogens is 2. The highest BCUT2D eigenvalue weighted by molar-refractivity contribution is 5.96. The normalized spacial score (nSPS) is 11.9. The Bertz CT molecular complexity index is 701. The molecule has 2 aromatic carbocycles. The van der Waals surface area contributed by atoms with Crippen LogP contribution in [0.15, 0.2) is 36.4 Å². The molecule has 0 bridgehead atoms. The fraction of sp³-hybridized carbons (Fsp3) is 0.235. The van der Waals surface area contributed by atoms with Gasteiger partial charge in [-0.25, -0.2) is 8.78 Å². The average molecular weight is 304 g/mol. The summed E-state index contributed by atoms with van der Waals surface area (Å²) in [5.74, 6) is -1.72. The monoisotopic (exact) mass is 304 g/mol. The molecule has 2 rings (SSSR count). The van der Waals surface area contributed by atoms with Gasteiger partial charge in [-0.05, 0) is 50.1 Å². The number of carbonyl (C=O) groups excluding carboxylic acids is 1. The van der Waals surface area contributed by atoms with Crippen LogP contribution in [0.2, 0.25) is 0 Å². The molecule has 2 N–H and O–H groups in total. The second-order valence-electron chi connectivity index (χ2n) is 5.30. The summed E-state index contributed by atoms with van der Waals surface area (Å²) >= 11 is 0. The van der Waals surface area contributed by atoms with Gasteiger partial charge >= 0.3 is 0 Å². The lowest BCUT2D eigenvalue weighted by molar-refractivity contribution is -0.116. The number of anilines is 2. The summed E-state index contributed by atoms with van der Waals surface area (Å²) in [6.45, 7) is 5.55. The maximum absolute atomic E-state index is 13.5. The molecule has 2 aromatic rings. The molecule has 0 aromatic heterocycles. The van der Waals surface area contributed by atoms with Crippen LogP contribution in [0.1, 0.15) is 18.1 Å². The van der Waals surface area contributed by atoms with Crippen molar-refractivity contribution in [3.8, 4) is 0 Å². The molecule has 0 spiro atoms. The van der Waals surface area contributed by atoms with Gasteiger partial charge < -0.3 is 10.6 Å². The highest BCUT2D eigenvalue weighted by atomic mass is 19.1. The quantitative estimate of drug-likeness (QED) is 0.895. The standard InChI is InChI=1S/C17H18F2N2O/c1-10-4-5-11(2)15(8-10)20-12(3)17(22)21-16-9-13(18)6-7-14(16)19/h4-9,12,20H,1-3H3,(H,21,22)/t12-/m0/s1. The van der Waals surface area contributed by atoms with E-state index in [0.29, 0.717) is 0 Å². The molecule has 0 fully saturated rings. The molecule has 5 heteroatoms. The first-order chi connectivity index (χ1) is 10.4. The van der Waals surface area contributed by atoms with Crippen molar-refractivity contribution in [3.05, 3.63) is 59.2 Å². The van der Waals surface area contributed by atoms with E-state index in [1.54, 1.807) is 6.92 Å². The van der Waals surface area contributed by atoms with Crippen molar-refractivity contribution in [3.63, 3.8) is 0 Å². The summed E-state index contributed by atoms with van der Waals surface area (Å²) in [7, 11) is 0. The van der Waals surface area contributed by atoms with E-state index in [9.17, 15) is 13.6 Å². The zero-order valence-electron chi connectivity index (χ0n) is 12.7. The number of amides is 1. The predicted octanol–water partition coefficient (Wildman–Crippen LogP) is 4.02. The number of nitrogens with one attached hydrogen (secondary N) is 2. The molecular formula is C17H18F2N2O. The summed E-state index contributed by atoms with van der Waals surface area (Å²) in [4.78, 5) is 12.1. The van der Waals surface area contributed by atoms with Crippen LogP contribution in [0.3, 0.4) is 0 Å². The third kappa shape index (κ3) is 3.81. The van der Waals surface area contributed by atoms with Crippen LogP contribution >= 0.6 is 0 Å². The highest BCUT2D eigenvalue weighted by Gasteiger charge is 2.16. The van der Waals surface area contributed by atoms with Crippen LogP contribution in [0.5, 0.6) is 0 Å². The summed E-state index contributed by atoms with van der Waals surface area (Å²) in [5, 5.41) is 5.47. The second kappa shape index (κ2) is 6.56. The lowest BCUT2D eigenvalue weighted by Gasteiger charge is -2.17. The molecule has 0 unspecified atom stereocenters. The Morgan fingerprint density at radius 1 is 1.05 bits per heavy atom. The second-order valence-corrected chi connectivity index (χ2v) is 5.30. The first kappa shape index (κ1) is 15.9. The molecule has 0 aliphatic carbocycles. The zero-order chi connectivity index (χ0) is 16.3. The number of benzene rings is 2. The van der Waals surface area contributed by atoms with Crippen LogP contribution in [0, 0.1) is 25.5 Å². The number of hydrogen-bond acceptors (Lipinski definition) is 2. The minimum atomic E-state index is -0.673. The van der Waals surface area contributed by atoms with Gasteiger partial charge in [-0.2, -0.15) is 0 Å². The molecular weight excluding hydrogens is 286 g/mol. The van der Waals surface area contributed by atoms with Crippen molar-refractivity contribution in [2.75, 3.05) is 10.6 Å². The van der Waals surface area contributed by atoms with Crippen molar-refractivity contribution < 1.29 is 13.6 Å². The van der Waals surface area contributed by atoms with E-state index in [0.717, 1.165) is 35.0 Å². The van der Waals surface area contributed by atoms with Crippen LogP contribution in [-0.2, 0) is 4.79 Å². The zero-order valence-corrected chi connectivity index (χ0v) is 12.7. The van der Waals surface area contributed by atoms with Gasteiger partial charge in [-0.15, -0.1) is 0 Å². The Kier molecular flexibility index (Phi) is 4.75. The van der Waals surface area contributed by atoms with Crippen LogP contribution < -0.4 is 10.6 Å². The van der Waals surface area contributed by atoms with Gasteiger partial charge in [0.2, 0.25) is 5.91 Å². The molecule has 0 aliphatic heterocycles. The minimum Gasteiger partial charge on any atom is -0.374 e. The van der Waals surface area contributed by atoms with Crippen molar-refractivity contribution >= 4 is 17.3 Å². The Labute approximate surface area is 128 Å². The average Bonchev–Trinajstić information content (AvgIpc) is 2.46. The van der Waals surface area contributed by atoms with E-state index < -0.39 is 23.6 Å². The lowest BCUT2D eigenvalue weighted by Crippen LogP contribution is -2.32. The van der Waals surface area contributed by atoms with E-state index in [2.05, 4.69) is 10.6 Å². The first-order valence-electron chi connectivity index (χ1n) is 6.96. The van der Waals surface area contributed by atoms with Gasteiger partial charge in [0.1, 0.15) is 17.7 Å². The van der Waals surface area contributed by atoms with Crippen molar-refractivity contribution in [2.24, 2.45) is 0 Å². The van der Waals surface area contributed by atoms with Crippen molar-refractivity contribution in [1.82, 2.24) is 0 Å². The maximum atomic E-state index is 13.5. The van der Waals surface area contributed by atoms with Gasteiger partial charge in [0.05, 0.1) is 5.69 Å². The fourth-order valence-corrected chi connectivity index (χ4v) is 2.02. The molecule has 116 valence electrons. The molecule has 0 aliphatic rings. The largest absolute Gasteiger partial charge is 0.374 e. The first-order valence-corrected chi connectivity index (χ1v) is 6.96. The Morgan fingerprint density at radius 3 is 2.50 bits per heavy atom. The fourth-order valence-electron chi connectivity index (χ4n) is 2.02. The summed E-state index contributed by atoms with van der Waals surface area (Å²) < 4.78 is 26.6. The molecule has 22 heavy (non-hydrogen) atoms. The Morgan fingerprint density at radius 2 is 1.77 bits per heavy atom. The third-order valence-electron chi connectivity index (χ3n) is 3.34. The van der Waals surface area contributed by atoms with E-state index in [-0.39, 0.29) is 5.69 Å². The number of aryl methyl sites for hydroxylation is 2. The third-order valence-corrected chi connectivity index (χ3v) is 3.34. The van der Waals surface area contributed by atoms with Gasteiger partial charge in [-0.3, -0.25) is 4.79 Å². The van der Waals surface area contributed by atoms with E-state index in [1.807, 2.05) is 32.0 Å². The minimum absolute atomic E-state index is 0.167.